The van der Waals surface area contributed by atoms with Crippen molar-refractivity contribution in [3.63, 3.8) is 0 Å². The van der Waals surface area contributed by atoms with Gasteiger partial charge in [0.25, 0.3) is 0 Å². The number of nitrogens with zero attached hydrogens (tertiary/aromatic N) is 4. The summed E-state index contributed by atoms with van der Waals surface area (Å²) >= 11 is 3.36. The molecule has 0 radical (unpaired) electrons. The number of methoxy groups -OCH3 is 1. The van der Waals surface area contributed by atoms with E-state index in [0.717, 1.165) is 33.9 Å². The topological polar surface area (TPSA) is 72.8 Å². The van der Waals surface area contributed by atoms with Gasteiger partial charge in [0.15, 0.2) is 4.34 Å². The second-order valence-corrected chi connectivity index (χ2v) is 6.19. The summed E-state index contributed by atoms with van der Waals surface area (Å²) in [5.74, 6) is 2.35. The Hall–Kier alpha value is -1.41. The Bertz CT molecular complexity index is 519. The molecule has 2 aromatic heterocycles. The minimum Gasteiger partial charge on any atom is -0.481 e. The van der Waals surface area contributed by atoms with E-state index in [1.54, 1.807) is 36.3 Å². The minimum absolute atomic E-state index is 0.566. The molecule has 0 spiro atoms. The monoisotopic (exact) mass is 297 g/mol. The molecule has 19 heavy (non-hydrogen) atoms. The van der Waals surface area contributed by atoms with Crippen molar-refractivity contribution in [1.29, 1.82) is 0 Å². The maximum Gasteiger partial charge on any atom is 0.218 e. The van der Waals surface area contributed by atoms with E-state index in [0.29, 0.717) is 5.88 Å². The fraction of sp³-hybridized carbons (Fsp3) is 0.455. The van der Waals surface area contributed by atoms with Crippen molar-refractivity contribution < 1.29 is 4.74 Å². The van der Waals surface area contributed by atoms with Gasteiger partial charge in [0, 0.05) is 18.4 Å². The van der Waals surface area contributed by atoms with E-state index in [4.69, 9.17) is 4.74 Å². The Labute approximate surface area is 120 Å². The number of hydrogen-bond donors (Lipinski definition) is 1. The molecule has 0 aliphatic rings. The third-order valence-electron chi connectivity index (χ3n) is 2.21. The van der Waals surface area contributed by atoms with Crippen LogP contribution >= 0.6 is 23.1 Å². The van der Waals surface area contributed by atoms with Gasteiger partial charge >= 0.3 is 0 Å². The normalized spacial score (nSPS) is 10.4. The molecule has 0 saturated carbocycles. The first-order valence-electron chi connectivity index (χ1n) is 5.81. The lowest BCUT2D eigenvalue weighted by molar-refractivity contribution is 0.397. The average Bonchev–Trinajstić information content (AvgIpc) is 2.84. The van der Waals surface area contributed by atoms with E-state index in [2.05, 4.69) is 25.5 Å². The summed E-state index contributed by atoms with van der Waals surface area (Å²) in [7, 11) is 1.59. The van der Waals surface area contributed by atoms with Gasteiger partial charge in [-0.2, -0.15) is 0 Å². The summed E-state index contributed by atoms with van der Waals surface area (Å²) in [6.45, 7) is 2.82. The highest BCUT2D eigenvalue weighted by atomic mass is 32.2. The maximum absolute atomic E-state index is 5.03. The third-order valence-corrected chi connectivity index (χ3v) is 4.27. The fourth-order valence-electron chi connectivity index (χ4n) is 1.33. The zero-order chi connectivity index (χ0) is 13.5. The van der Waals surface area contributed by atoms with Crippen LogP contribution in [-0.2, 0) is 0 Å². The lowest BCUT2D eigenvalue weighted by atomic mass is 10.4. The van der Waals surface area contributed by atoms with Crippen molar-refractivity contribution in [3.05, 3.63) is 17.4 Å². The smallest absolute Gasteiger partial charge is 0.218 e. The summed E-state index contributed by atoms with van der Waals surface area (Å²) in [5, 5.41) is 12.3. The number of anilines is 1. The van der Waals surface area contributed by atoms with Crippen molar-refractivity contribution in [2.45, 2.75) is 17.7 Å². The second-order valence-electron chi connectivity index (χ2n) is 3.66. The Morgan fingerprint density at radius 1 is 1.37 bits per heavy atom. The molecule has 0 fully saturated rings. The summed E-state index contributed by atoms with van der Waals surface area (Å²) in [6.07, 6.45) is 2.51. The highest BCUT2D eigenvalue weighted by Gasteiger charge is 2.01. The maximum atomic E-state index is 5.03. The lowest BCUT2D eigenvalue weighted by Crippen LogP contribution is -2.04. The fourth-order valence-corrected chi connectivity index (χ4v) is 3.16. The molecule has 0 aromatic carbocycles. The van der Waals surface area contributed by atoms with Crippen LogP contribution in [0.4, 0.5) is 5.82 Å². The van der Waals surface area contributed by atoms with Gasteiger partial charge < -0.3 is 10.1 Å². The SMILES string of the molecule is COc1cc(NCCCSc2nnc(C)s2)ncn1. The van der Waals surface area contributed by atoms with Gasteiger partial charge in [-0.05, 0) is 13.3 Å². The number of rotatable bonds is 7. The molecule has 0 saturated heterocycles. The van der Waals surface area contributed by atoms with E-state index in [-0.39, 0.29) is 0 Å². The highest BCUT2D eigenvalue weighted by Crippen LogP contribution is 2.22. The van der Waals surface area contributed by atoms with E-state index < -0.39 is 0 Å². The Kier molecular flexibility index (Phi) is 5.34. The van der Waals surface area contributed by atoms with Gasteiger partial charge in [0.05, 0.1) is 7.11 Å². The number of ether oxygens (including phenoxy) is 1. The van der Waals surface area contributed by atoms with Crippen LogP contribution in [0.3, 0.4) is 0 Å². The number of hydrogen-bond acceptors (Lipinski definition) is 8. The van der Waals surface area contributed by atoms with Gasteiger partial charge in [-0.25, -0.2) is 9.97 Å². The molecule has 2 rings (SSSR count). The van der Waals surface area contributed by atoms with E-state index in [1.165, 1.54) is 6.33 Å². The molecular formula is C11H15N5OS2. The summed E-state index contributed by atoms with van der Waals surface area (Å²) in [4.78, 5) is 8.07. The van der Waals surface area contributed by atoms with E-state index in [1.807, 2.05) is 6.92 Å². The predicted molar refractivity (Wildman–Crippen MR) is 77.1 cm³/mol. The Balaban J connectivity index is 1.66. The van der Waals surface area contributed by atoms with E-state index in [9.17, 15) is 0 Å². The first-order valence-corrected chi connectivity index (χ1v) is 7.61. The third kappa shape index (κ3) is 4.64. The summed E-state index contributed by atoms with van der Waals surface area (Å²) in [5.41, 5.74) is 0. The lowest BCUT2D eigenvalue weighted by Gasteiger charge is -2.05. The van der Waals surface area contributed by atoms with Crippen LogP contribution < -0.4 is 10.1 Å². The van der Waals surface area contributed by atoms with Crippen molar-refractivity contribution in [2.75, 3.05) is 24.7 Å². The van der Waals surface area contributed by atoms with Crippen LogP contribution in [0.25, 0.3) is 0 Å². The van der Waals surface area contributed by atoms with Gasteiger partial charge in [0.2, 0.25) is 5.88 Å². The predicted octanol–water partition coefficient (Wildman–Crippen LogP) is 2.24. The first-order chi connectivity index (χ1) is 9.28. The number of thioether (sulfide) groups is 1. The van der Waals surface area contributed by atoms with Crippen LogP contribution in [0.5, 0.6) is 5.88 Å². The zero-order valence-corrected chi connectivity index (χ0v) is 12.4. The minimum atomic E-state index is 0.566. The van der Waals surface area contributed by atoms with Gasteiger partial charge in [-0.1, -0.05) is 23.1 Å². The van der Waals surface area contributed by atoms with Crippen LogP contribution in [0.2, 0.25) is 0 Å². The highest BCUT2D eigenvalue weighted by molar-refractivity contribution is 8.01. The molecule has 0 aliphatic carbocycles. The number of aromatic nitrogens is 4. The molecule has 6 nitrogen and oxygen atoms in total. The molecule has 0 aliphatic heterocycles. The number of aryl methyl sites for hydroxylation is 1. The standard InChI is InChI=1S/C11H15N5OS2/c1-8-15-16-11(19-8)18-5-3-4-12-9-6-10(17-2)14-7-13-9/h6-7H,3-5H2,1-2H3,(H,12,13,14). The summed E-state index contributed by atoms with van der Waals surface area (Å²) < 4.78 is 6.06. The van der Waals surface area contributed by atoms with Crippen LogP contribution in [0, 0.1) is 6.92 Å². The number of nitrogens with one attached hydrogen (secondary N) is 1. The van der Waals surface area contributed by atoms with Gasteiger partial charge in [0.1, 0.15) is 17.2 Å². The largest absolute Gasteiger partial charge is 0.481 e. The Morgan fingerprint density at radius 3 is 3.00 bits per heavy atom. The zero-order valence-electron chi connectivity index (χ0n) is 10.8. The molecule has 0 atom stereocenters. The van der Waals surface area contributed by atoms with Crippen molar-refractivity contribution in [1.82, 2.24) is 20.2 Å². The molecular weight excluding hydrogens is 282 g/mol. The first kappa shape index (κ1) is 14.0. The van der Waals surface area contributed by atoms with Crippen LogP contribution in [-0.4, -0.2) is 39.6 Å². The van der Waals surface area contributed by atoms with Crippen molar-refractivity contribution >= 4 is 28.9 Å². The molecule has 1 N–H and O–H groups in total. The van der Waals surface area contributed by atoms with E-state index >= 15 is 0 Å². The van der Waals surface area contributed by atoms with Crippen LogP contribution in [0.1, 0.15) is 11.4 Å². The summed E-state index contributed by atoms with van der Waals surface area (Å²) in [6, 6.07) is 1.78. The van der Waals surface area contributed by atoms with Crippen LogP contribution in [0.15, 0.2) is 16.7 Å². The average molecular weight is 297 g/mol. The molecule has 0 bridgehead atoms. The quantitative estimate of drug-likeness (QED) is 0.620. The Morgan fingerprint density at radius 2 is 2.26 bits per heavy atom. The molecule has 102 valence electrons. The van der Waals surface area contributed by atoms with Crippen molar-refractivity contribution in [3.8, 4) is 5.88 Å². The van der Waals surface area contributed by atoms with Gasteiger partial charge in [-0.3, -0.25) is 0 Å². The molecule has 2 heterocycles. The molecule has 0 amide bonds. The van der Waals surface area contributed by atoms with Crippen molar-refractivity contribution in [2.24, 2.45) is 0 Å². The second kappa shape index (κ2) is 7.25. The molecule has 2 aromatic rings. The molecule has 8 heteroatoms. The van der Waals surface area contributed by atoms with Gasteiger partial charge in [-0.15, -0.1) is 10.2 Å². The molecule has 0 unspecified atom stereocenters.